The Kier molecular flexibility index (Phi) is 5.08. The first-order valence-corrected chi connectivity index (χ1v) is 8.62. The largest absolute Gasteiger partial charge is 0.454 e. The van der Waals surface area contributed by atoms with E-state index in [1.807, 2.05) is 18.2 Å². The van der Waals surface area contributed by atoms with Gasteiger partial charge in [-0.1, -0.05) is 12.1 Å². The van der Waals surface area contributed by atoms with Crippen LogP contribution in [-0.4, -0.2) is 11.8 Å². The van der Waals surface area contributed by atoms with Crippen LogP contribution >= 0.6 is 50.9 Å². The molecule has 1 N–H and O–H groups in total. The SMILES string of the molecule is Br.Ic1ccc(-c2csc(Nc3ccc4c(c3)OCO4)n2)cc1. The summed E-state index contributed by atoms with van der Waals surface area (Å²) in [5.74, 6) is 1.55. The Labute approximate surface area is 161 Å². The smallest absolute Gasteiger partial charge is 0.231 e. The molecule has 0 atom stereocenters. The summed E-state index contributed by atoms with van der Waals surface area (Å²) < 4.78 is 11.9. The van der Waals surface area contributed by atoms with Crippen molar-refractivity contribution in [2.75, 3.05) is 12.1 Å². The number of halogens is 2. The third-order valence-corrected chi connectivity index (χ3v) is 4.74. The molecule has 2 heterocycles. The molecule has 23 heavy (non-hydrogen) atoms. The number of aromatic nitrogens is 1. The summed E-state index contributed by atoms with van der Waals surface area (Å²) in [6.07, 6.45) is 0. The molecule has 2 aromatic carbocycles. The predicted octanol–water partition coefficient (Wildman–Crippen LogP) is 5.46. The molecule has 118 valence electrons. The molecular formula is C16H12BrIN2O2S. The van der Waals surface area contributed by atoms with Gasteiger partial charge < -0.3 is 14.8 Å². The summed E-state index contributed by atoms with van der Waals surface area (Å²) in [6, 6.07) is 14.1. The summed E-state index contributed by atoms with van der Waals surface area (Å²) >= 11 is 3.88. The van der Waals surface area contributed by atoms with E-state index in [-0.39, 0.29) is 23.8 Å². The molecule has 0 bridgehead atoms. The van der Waals surface area contributed by atoms with Gasteiger partial charge in [0.15, 0.2) is 16.6 Å². The van der Waals surface area contributed by atoms with Crippen molar-refractivity contribution in [3.63, 3.8) is 0 Å². The van der Waals surface area contributed by atoms with Crippen molar-refractivity contribution in [2.24, 2.45) is 0 Å². The molecule has 3 aromatic rings. The van der Waals surface area contributed by atoms with Gasteiger partial charge in [-0.15, -0.1) is 28.3 Å². The molecule has 1 aliphatic heterocycles. The van der Waals surface area contributed by atoms with Gasteiger partial charge in [0.05, 0.1) is 5.69 Å². The number of thiazole rings is 1. The van der Waals surface area contributed by atoms with Crippen molar-refractivity contribution in [3.8, 4) is 22.8 Å². The second-order valence-corrected chi connectivity index (χ2v) is 6.84. The topological polar surface area (TPSA) is 43.4 Å². The molecule has 0 fully saturated rings. The van der Waals surface area contributed by atoms with Gasteiger partial charge in [0.2, 0.25) is 6.79 Å². The van der Waals surface area contributed by atoms with Crippen LogP contribution in [0.3, 0.4) is 0 Å². The van der Waals surface area contributed by atoms with E-state index < -0.39 is 0 Å². The standard InChI is InChI=1S/C16H11IN2O2S.BrH/c17-11-3-1-10(2-4-11)13-8-22-16(19-13)18-12-5-6-14-15(7-12)21-9-20-14;/h1-8H,9H2,(H,18,19);1H. The maximum Gasteiger partial charge on any atom is 0.231 e. The van der Waals surface area contributed by atoms with E-state index in [2.05, 4.69) is 62.5 Å². The normalized spacial score (nSPS) is 11.9. The first-order valence-electron chi connectivity index (χ1n) is 6.66. The summed E-state index contributed by atoms with van der Waals surface area (Å²) in [6.45, 7) is 0.285. The lowest BCUT2D eigenvalue weighted by Gasteiger charge is -2.03. The molecule has 0 saturated heterocycles. The molecule has 7 heteroatoms. The van der Waals surface area contributed by atoms with Crippen LogP contribution in [0, 0.1) is 3.57 Å². The van der Waals surface area contributed by atoms with Crippen LogP contribution in [0.2, 0.25) is 0 Å². The van der Waals surface area contributed by atoms with Gasteiger partial charge in [-0.05, 0) is 46.9 Å². The van der Waals surface area contributed by atoms with Crippen LogP contribution < -0.4 is 14.8 Å². The van der Waals surface area contributed by atoms with E-state index in [4.69, 9.17) is 9.47 Å². The van der Waals surface area contributed by atoms with Crippen molar-refractivity contribution < 1.29 is 9.47 Å². The lowest BCUT2D eigenvalue weighted by molar-refractivity contribution is 0.174. The second kappa shape index (κ2) is 7.06. The maximum absolute atomic E-state index is 5.38. The third kappa shape index (κ3) is 3.61. The molecule has 0 saturated carbocycles. The number of hydrogen-bond acceptors (Lipinski definition) is 5. The Morgan fingerprint density at radius 2 is 1.83 bits per heavy atom. The lowest BCUT2D eigenvalue weighted by atomic mass is 10.2. The highest BCUT2D eigenvalue weighted by Crippen LogP contribution is 2.36. The van der Waals surface area contributed by atoms with Gasteiger partial charge in [0.1, 0.15) is 0 Å². The summed E-state index contributed by atoms with van der Waals surface area (Å²) in [7, 11) is 0. The van der Waals surface area contributed by atoms with Crippen molar-refractivity contribution in [3.05, 3.63) is 51.4 Å². The van der Waals surface area contributed by atoms with Gasteiger partial charge in [-0.25, -0.2) is 4.98 Å². The van der Waals surface area contributed by atoms with Crippen molar-refractivity contribution >= 4 is 61.7 Å². The number of hydrogen-bond donors (Lipinski definition) is 1. The number of ether oxygens (including phenoxy) is 2. The second-order valence-electron chi connectivity index (χ2n) is 4.74. The highest BCUT2D eigenvalue weighted by Gasteiger charge is 2.13. The summed E-state index contributed by atoms with van der Waals surface area (Å²) in [5.41, 5.74) is 3.04. The van der Waals surface area contributed by atoms with E-state index >= 15 is 0 Å². The first kappa shape index (κ1) is 16.5. The fourth-order valence-electron chi connectivity index (χ4n) is 2.18. The van der Waals surface area contributed by atoms with Crippen LogP contribution in [0.4, 0.5) is 10.8 Å². The number of nitrogens with zero attached hydrogens (tertiary/aromatic N) is 1. The van der Waals surface area contributed by atoms with Gasteiger partial charge in [-0.3, -0.25) is 0 Å². The molecule has 0 radical (unpaired) electrons. The zero-order valence-corrected chi connectivity index (χ0v) is 16.5. The fraction of sp³-hybridized carbons (Fsp3) is 0.0625. The third-order valence-electron chi connectivity index (χ3n) is 3.27. The van der Waals surface area contributed by atoms with E-state index in [1.54, 1.807) is 11.3 Å². The molecular weight excluding hydrogens is 491 g/mol. The van der Waals surface area contributed by atoms with E-state index in [9.17, 15) is 0 Å². The highest BCUT2D eigenvalue weighted by atomic mass is 127. The Morgan fingerprint density at radius 1 is 1.04 bits per heavy atom. The van der Waals surface area contributed by atoms with Crippen molar-refractivity contribution in [1.29, 1.82) is 0 Å². The van der Waals surface area contributed by atoms with Gasteiger partial charge in [0, 0.05) is 26.3 Å². The number of rotatable bonds is 3. The molecule has 0 spiro atoms. The van der Waals surface area contributed by atoms with Crippen LogP contribution in [0.25, 0.3) is 11.3 Å². The van der Waals surface area contributed by atoms with Crippen LogP contribution in [0.15, 0.2) is 47.8 Å². The van der Waals surface area contributed by atoms with Crippen LogP contribution in [-0.2, 0) is 0 Å². The summed E-state index contributed by atoms with van der Waals surface area (Å²) in [5, 5.41) is 6.21. The molecule has 1 aromatic heterocycles. The van der Waals surface area contributed by atoms with Crippen molar-refractivity contribution in [1.82, 2.24) is 4.98 Å². The maximum atomic E-state index is 5.38. The van der Waals surface area contributed by atoms with Crippen LogP contribution in [0.5, 0.6) is 11.5 Å². The quantitative estimate of drug-likeness (QED) is 0.482. The average Bonchev–Trinajstić information content (AvgIpc) is 3.17. The Balaban J connectivity index is 0.00000156. The highest BCUT2D eigenvalue weighted by molar-refractivity contribution is 14.1. The fourth-order valence-corrected chi connectivity index (χ4v) is 3.28. The predicted molar refractivity (Wildman–Crippen MR) is 106 cm³/mol. The molecule has 0 amide bonds. The van der Waals surface area contributed by atoms with Crippen LogP contribution in [0.1, 0.15) is 0 Å². The number of nitrogens with one attached hydrogen (secondary N) is 1. The van der Waals surface area contributed by atoms with Gasteiger partial charge >= 0.3 is 0 Å². The molecule has 4 nitrogen and oxygen atoms in total. The van der Waals surface area contributed by atoms with Gasteiger partial charge in [-0.2, -0.15) is 0 Å². The Bertz CT molecular complexity index is 823. The monoisotopic (exact) mass is 502 g/mol. The first-order chi connectivity index (χ1) is 10.8. The Morgan fingerprint density at radius 3 is 2.65 bits per heavy atom. The molecule has 0 aliphatic carbocycles. The zero-order valence-electron chi connectivity index (χ0n) is 11.8. The zero-order chi connectivity index (χ0) is 14.9. The van der Waals surface area contributed by atoms with Gasteiger partial charge in [0.25, 0.3) is 0 Å². The van der Waals surface area contributed by atoms with Crippen molar-refractivity contribution in [2.45, 2.75) is 0 Å². The molecule has 0 unspecified atom stereocenters. The average molecular weight is 503 g/mol. The lowest BCUT2D eigenvalue weighted by Crippen LogP contribution is -1.93. The molecule has 1 aliphatic rings. The minimum absolute atomic E-state index is 0. The minimum atomic E-state index is 0. The number of fused-ring (bicyclic) bond motifs is 1. The summed E-state index contributed by atoms with van der Waals surface area (Å²) in [4.78, 5) is 4.63. The minimum Gasteiger partial charge on any atom is -0.454 e. The number of benzene rings is 2. The molecule has 4 rings (SSSR count). The number of anilines is 2. The van der Waals surface area contributed by atoms with E-state index in [0.29, 0.717) is 0 Å². The van der Waals surface area contributed by atoms with E-state index in [1.165, 1.54) is 3.57 Å². The Hall–Kier alpha value is -1.32. The van der Waals surface area contributed by atoms with E-state index in [0.717, 1.165) is 33.6 Å².